The van der Waals surface area contributed by atoms with E-state index in [1.54, 1.807) is 30.5 Å². The maximum Gasteiger partial charge on any atom is 0.141 e. The average Bonchev–Trinajstić information content (AvgIpc) is 2.48. The second-order valence-electron chi connectivity index (χ2n) is 4.47. The number of benzene rings is 3. The number of aliphatic imine (C=N–C) groups is 1. The molecule has 0 amide bonds. The predicted molar refractivity (Wildman–Crippen MR) is 81.0 cm³/mol. The summed E-state index contributed by atoms with van der Waals surface area (Å²) < 4.78 is 0. The fourth-order valence-electron chi connectivity index (χ4n) is 2.11. The Bertz CT molecular complexity index is 794. The molecule has 3 aromatic carbocycles. The van der Waals surface area contributed by atoms with Crippen molar-refractivity contribution in [2.75, 3.05) is 0 Å². The lowest BCUT2D eigenvalue weighted by atomic mass is 10.1. The molecule has 0 saturated heterocycles. The largest absolute Gasteiger partial charge is 0.507 e. The zero-order valence-electron chi connectivity index (χ0n) is 10.7. The minimum absolute atomic E-state index is 0.121. The molecule has 3 nitrogen and oxygen atoms in total. The van der Waals surface area contributed by atoms with E-state index in [9.17, 15) is 10.2 Å². The van der Waals surface area contributed by atoms with Crippen molar-refractivity contribution in [2.45, 2.75) is 0 Å². The van der Waals surface area contributed by atoms with Crippen LogP contribution in [0.15, 0.2) is 65.7 Å². The molecule has 0 spiro atoms. The van der Waals surface area contributed by atoms with E-state index in [0.717, 1.165) is 10.8 Å². The van der Waals surface area contributed by atoms with Crippen molar-refractivity contribution >= 4 is 22.7 Å². The Hall–Kier alpha value is -2.81. The van der Waals surface area contributed by atoms with Crippen molar-refractivity contribution in [1.29, 1.82) is 0 Å². The number of hydrogen-bond donors (Lipinski definition) is 2. The van der Waals surface area contributed by atoms with Gasteiger partial charge < -0.3 is 10.2 Å². The van der Waals surface area contributed by atoms with Crippen molar-refractivity contribution in [3.8, 4) is 11.5 Å². The van der Waals surface area contributed by atoms with Gasteiger partial charge >= 0.3 is 0 Å². The third kappa shape index (κ3) is 2.21. The number of hydrogen-bond acceptors (Lipinski definition) is 3. The van der Waals surface area contributed by atoms with Gasteiger partial charge in [0.05, 0.1) is 0 Å². The molecule has 0 aliphatic heterocycles. The van der Waals surface area contributed by atoms with Crippen molar-refractivity contribution in [1.82, 2.24) is 0 Å². The zero-order valence-corrected chi connectivity index (χ0v) is 10.7. The molecular weight excluding hydrogens is 250 g/mol. The normalized spacial score (nSPS) is 11.2. The van der Waals surface area contributed by atoms with Gasteiger partial charge in [-0.15, -0.1) is 0 Å². The molecule has 3 heteroatoms. The van der Waals surface area contributed by atoms with Gasteiger partial charge in [0.1, 0.15) is 17.2 Å². The Morgan fingerprint density at radius 2 is 1.50 bits per heavy atom. The number of rotatable bonds is 2. The Kier molecular flexibility index (Phi) is 3.09. The highest BCUT2D eigenvalue weighted by atomic mass is 16.3. The smallest absolute Gasteiger partial charge is 0.141 e. The standard InChI is InChI=1S/C17H13NO2/c19-15-8-4-2-6-13(15)11-18-17-14-7-3-1-5-12(14)9-10-16(17)20/h1-11,19-20H. The van der Waals surface area contributed by atoms with E-state index in [1.807, 2.05) is 36.4 Å². The Morgan fingerprint density at radius 3 is 2.35 bits per heavy atom. The van der Waals surface area contributed by atoms with E-state index < -0.39 is 0 Å². The highest BCUT2D eigenvalue weighted by Crippen LogP contribution is 2.34. The van der Waals surface area contributed by atoms with Crippen LogP contribution in [0.4, 0.5) is 5.69 Å². The maximum absolute atomic E-state index is 9.98. The summed E-state index contributed by atoms with van der Waals surface area (Å²) in [6.45, 7) is 0. The van der Waals surface area contributed by atoms with E-state index >= 15 is 0 Å². The van der Waals surface area contributed by atoms with Gasteiger partial charge in [0.2, 0.25) is 0 Å². The second kappa shape index (κ2) is 5.05. The molecule has 0 bridgehead atoms. The summed E-state index contributed by atoms with van der Waals surface area (Å²) in [5.41, 5.74) is 1.12. The van der Waals surface area contributed by atoms with Crippen LogP contribution in [0.25, 0.3) is 10.8 Å². The first-order chi connectivity index (χ1) is 9.75. The molecule has 3 aromatic rings. The van der Waals surface area contributed by atoms with E-state index in [4.69, 9.17) is 0 Å². The SMILES string of the molecule is Oc1ccccc1C=Nc1c(O)ccc2ccccc12. The molecule has 98 valence electrons. The van der Waals surface area contributed by atoms with Crippen LogP contribution < -0.4 is 0 Å². The van der Waals surface area contributed by atoms with E-state index in [0.29, 0.717) is 11.3 Å². The number of phenolic OH excluding ortho intramolecular Hbond substituents is 2. The summed E-state index contributed by atoms with van der Waals surface area (Å²) in [7, 11) is 0. The molecule has 0 aliphatic carbocycles. The summed E-state index contributed by atoms with van der Waals surface area (Å²) in [5, 5.41) is 21.6. The van der Waals surface area contributed by atoms with Crippen LogP contribution >= 0.6 is 0 Å². The third-order valence-electron chi connectivity index (χ3n) is 3.15. The lowest BCUT2D eigenvalue weighted by Crippen LogP contribution is -1.82. The summed E-state index contributed by atoms with van der Waals surface area (Å²) in [5.74, 6) is 0.284. The zero-order chi connectivity index (χ0) is 13.9. The first-order valence-electron chi connectivity index (χ1n) is 6.28. The molecule has 2 N–H and O–H groups in total. The third-order valence-corrected chi connectivity index (χ3v) is 3.15. The molecule has 0 atom stereocenters. The van der Waals surface area contributed by atoms with Gasteiger partial charge in [0.25, 0.3) is 0 Å². The van der Waals surface area contributed by atoms with E-state index in [1.165, 1.54) is 0 Å². The summed E-state index contributed by atoms with van der Waals surface area (Å²) in [4.78, 5) is 4.33. The highest BCUT2D eigenvalue weighted by molar-refractivity contribution is 5.98. The number of nitrogens with zero attached hydrogens (tertiary/aromatic N) is 1. The molecule has 0 heterocycles. The lowest BCUT2D eigenvalue weighted by molar-refractivity contribution is 0.474. The molecule has 0 radical (unpaired) electrons. The monoisotopic (exact) mass is 263 g/mol. The Balaban J connectivity index is 2.11. The quantitative estimate of drug-likeness (QED) is 0.686. The van der Waals surface area contributed by atoms with Gasteiger partial charge in [-0.3, -0.25) is 4.99 Å². The number of para-hydroxylation sites is 1. The van der Waals surface area contributed by atoms with Crippen molar-refractivity contribution < 1.29 is 10.2 Å². The fraction of sp³-hybridized carbons (Fsp3) is 0. The molecule has 3 rings (SSSR count). The van der Waals surface area contributed by atoms with Gasteiger partial charge in [-0.2, -0.15) is 0 Å². The minimum Gasteiger partial charge on any atom is -0.507 e. The Morgan fingerprint density at radius 1 is 0.750 bits per heavy atom. The van der Waals surface area contributed by atoms with Gasteiger partial charge in [0, 0.05) is 17.2 Å². The molecule has 0 aromatic heterocycles. The van der Waals surface area contributed by atoms with E-state index in [2.05, 4.69) is 4.99 Å². The van der Waals surface area contributed by atoms with Gasteiger partial charge in [-0.25, -0.2) is 0 Å². The molecule has 0 unspecified atom stereocenters. The second-order valence-corrected chi connectivity index (χ2v) is 4.47. The molecule has 0 fully saturated rings. The number of aromatic hydroxyl groups is 2. The number of phenols is 2. The van der Waals surface area contributed by atoms with Gasteiger partial charge in [-0.05, 0) is 23.6 Å². The molecular formula is C17H13NO2. The van der Waals surface area contributed by atoms with Crippen LogP contribution in [0, 0.1) is 0 Å². The van der Waals surface area contributed by atoms with Crippen molar-refractivity contribution in [2.24, 2.45) is 4.99 Å². The average molecular weight is 263 g/mol. The highest BCUT2D eigenvalue weighted by Gasteiger charge is 2.05. The fourth-order valence-corrected chi connectivity index (χ4v) is 2.11. The topological polar surface area (TPSA) is 52.8 Å². The van der Waals surface area contributed by atoms with Crippen LogP contribution in [0.2, 0.25) is 0 Å². The minimum atomic E-state index is 0.121. The summed E-state index contributed by atoms with van der Waals surface area (Å²) >= 11 is 0. The van der Waals surface area contributed by atoms with Crippen molar-refractivity contribution in [3.05, 3.63) is 66.2 Å². The molecule has 20 heavy (non-hydrogen) atoms. The van der Waals surface area contributed by atoms with Crippen LogP contribution in [0.3, 0.4) is 0 Å². The number of fused-ring (bicyclic) bond motifs is 1. The lowest BCUT2D eigenvalue weighted by Gasteiger charge is -2.04. The first kappa shape index (κ1) is 12.2. The molecule has 0 saturated carbocycles. The maximum atomic E-state index is 9.98. The summed E-state index contributed by atoms with van der Waals surface area (Å²) in [6, 6.07) is 18.1. The van der Waals surface area contributed by atoms with Crippen molar-refractivity contribution in [3.63, 3.8) is 0 Å². The summed E-state index contributed by atoms with van der Waals surface area (Å²) in [6.07, 6.45) is 1.55. The Labute approximate surface area is 116 Å². The first-order valence-corrected chi connectivity index (χ1v) is 6.28. The predicted octanol–water partition coefficient (Wildman–Crippen LogP) is 4.00. The van der Waals surface area contributed by atoms with Crippen LogP contribution in [-0.4, -0.2) is 16.4 Å². The van der Waals surface area contributed by atoms with Crippen LogP contribution in [-0.2, 0) is 0 Å². The molecule has 0 aliphatic rings. The van der Waals surface area contributed by atoms with E-state index in [-0.39, 0.29) is 11.5 Å². The van der Waals surface area contributed by atoms with Crippen LogP contribution in [0.1, 0.15) is 5.56 Å². The van der Waals surface area contributed by atoms with Crippen LogP contribution in [0.5, 0.6) is 11.5 Å². The van der Waals surface area contributed by atoms with Gasteiger partial charge in [0.15, 0.2) is 0 Å². The van der Waals surface area contributed by atoms with Gasteiger partial charge in [-0.1, -0.05) is 42.5 Å².